The van der Waals surface area contributed by atoms with Gasteiger partial charge in [0.1, 0.15) is 0 Å². The molecule has 3 rings (SSSR count). The van der Waals surface area contributed by atoms with Gasteiger partial charge in [0.05, 0.1) is 6.54 Å². The number of aromatic nitrogens is 5. The van der Waals surface area contributed by atoms with Gasteiger partial charge in [0.2, 0.25) is 5.91 Å². The molecule has 0 bridgehead atoms. The minimum Gasteiger partial charge on any atom is -0.335 e. The van der Waals surface area contributed by atoms with Crippen molar-refractivity contribution in [3.8, 4) is 0 Å². The smallest absolute Gasteiger partial charge is 0.246 e. The molecule has 3 aromatic rings. The highest BCUT2D eigenvalue weighted by Gasteiger charge is 2.10. The Hall–Kier alpha value is -3.06. The molecule has 1 amide bonds. The van der Waals surface area contributed by atoms with Crippen LogP contribution >= 0.6 is 11.6 Å². The largest absolute Gasteiger partial charge is 0.335 e. The number of carbonyl (C=O) groups is 1. The molecule has 0 spiro atoms. The van der Waals surface area contributed by atoms with Crippen molar-refractivity contribution in [3.05, 3.63) is 76.3 Å². The third-order valence-corrected chi connectivity index (χ3v) is 4.43. The van der Waals surface area contributed by atoms with Crippen molar-refractivity contribution >= 4 is 23.6 Å². The van der Waals surface area contributed by atoms with Crippen molar-refractivity contribution in [1.82, 2.24) is 30.1 Å². The summed E-state index contributed by atoms with van der Waals surface area (Å²) in [6, 6.07) is 9.33. The van der Waals surface area contributed by atoms with Gasteiger partial charge in [-0.2, -0.15) is 4.80 Å². The Balaban J connectivity index is 1.76. The Morgan fingerprint density at radius 2 is 2.04 bits per heavy atom. The molecular weight excluding hydrogens is 376 g/mol. The SMILES string of the molecule is CCN(Cc1ccncc1)C(=O)/C=C/c1ccc(Cl)cc1Cn1nnc(C)n1. The predicted octanol–water partition coefficient (Wildman–Crippen LogP) is 3.14. The Kier molecular flexibility index (Phi) is 6.49. The van der Waals surface area contributed by atoms with Crippen molar-refractivity contribution < 1.29 is 4.79 Å². The first-order valence-corrected chi connectivity index (χ1v) is 9.31. The Labute approximate surface area is 168 Å². The number of hydrogen-bond acceptors (Lipinski definition) is 5. The summed E-state index contributed by atoms with van der Waals surface area (Å²) in [6.45, 7) is 5.31. The lowest BCUT2D eigenvalue weighted by molar-refractivity contribution is -0.126. The Morgan fingerprint density at radius 3 is 2.71 bits per heavy atom. The number of nitrogens with zero attached hydrogens (tertiary/aromatic N) is 6. The quantitative estimate of drug-likeness (QED) is 0.573. The number of rotatable bonds is 7. The maximum atomic E-state index is 12.6. The van der Waals surface area contributed by atoms with Gasteiger partial charge in [0.25, 0.3) is 0 Å². The van der Waals surface area contributed by atoms with Gasteiger partial charge in [-0.15, -0.1) is 10.2 Å². The van der Waals surface area contributed by atoms with Crippen molar-refractivity contribution in [2.45, 2.75) is 26.9 Å². The summed E-state index contributed by atoms with van der Waals surface area (Å²) < 4.78 is 0. The molecule has 0 aliphatic carbocycles. The van der Waals surface area contributed by atoms with Crippen LogP contribution in [0.3, 0.4) is 0 Å². The molecule has 8 heteroatoms. The van der Waals surface area contributed by atoms with E-state index < -0.39 is 0 Å². The van der Waals surface area contributed by atoms with Crippen molar-refractivity contribution in [1.29, 1.82) is 0 Å². The van der Waals surface area contributed by atoms with Crippen LogP contribution < -0.4 is 0 Å². The minimum absolute atomic E-state index is 0.0602. The zero-order valence-corrected chi connectivity index (χ0v) is 16.5. The molecule has 0 aliphatic rings. The predicted molar refractivity (Wildman–Crippen MR) is 107 cm³/mol. The molecule has 0 aliphatic heterocycles. The fraction of sp³-hybridized carbons (Fsp3) is 0.250. The van der Waals surface area contributed by atoms with E-state index in [0.29, 0.717) is 30.5 Å². The summed E-state index contributed by atoms with van der Waals surface area (Å²) in [5.74, 6) is 0.541. The number of carbonyl (C=O) groups excluding carboxylic acids is 1. The number of amides is 1. The van der Waals surface area contributed by atoms with E-state index in [9.17, 15) is 4.79 Å². The number of aryl methyl sites for hydroxylation is 1. The summed E-state index contributed by atoms with van der Waals surface area (Å²) in [7, 11) is 0. The molecule has 0 saturated heterocycles. The number of halogens is 1. The summed E-state index contributed by atoms with van der Waals surface area (Å²) >= 11 is 6.14. The van der Waals surface area contributed by atoms with E-state index in [-0.39, 0.29) is 5.91 Å². The van der Waals surface area contributed by atoms with Crippen LogP contribution in [0.15, 0.2) is 48.8 Å². The highest BCUT2D eigenvalue weighted by Crippen LogP contribution is 2.18. The standard InChI is InChI=1S/C20H21ClN6O/c1-3-26(13-16-8-10-22-11-9-16)20(28)7-5-17-4-6-19(21)12-18(17)14-27-24-15(2)23-25-27/h4-12H,3,13-14H2,1-2H3/b7-5+. The van der Waals surface area contributed by atoms with Gasteiger partial charge in [-0.25, -0.2) is 0 Å². The van der Waals surface area contributed by atoms with Crippen LogP contribution in [0.25, 0.3) is 6.08 Å². The third-order valence-electron chi connectivity index (χ3n) is 4.19. The van der Waals surface area contributed by atoms with E-state index in [2.05, 4.69) is 20.4 Å². The van der Waals surface area contributed by atoms with Crippen LogP contribution in [0, 0.1) is 6.92 Å². The van der Waals surface area contributed by atoms with Gasteiger partial charge in [0.15, 0.2) is 5.82 Å². The van der Waals surface area contributed by atoms with Crippen LogP contribution in [0.5, 0.6) is 0 Å². The van der Waals surface area contributed by atoms with Crippen LogP contribution in [0.1, 0.15) is 29.4 Å². The number of likely N-dealkylation sites (N-methyl/N-ethyl adjacent to an activating group) is 1. The lowest BCUT2D eigenvalue weighted by atomic mass is 10.1. The van der Waals surface area contributed by atoms with Crippen LogP contribution in [0.4, 0.5) is 0 Å². The van der Waals surface area contributed by atoms with Crippen molar-refractivity contribution in [2.75, 3.05) is 6.54 Å². The van der Waals surface area contributed by atoms with Gasteiger partial charge in [-0.1, -0.05) is 17.7 Å². The molecule has 2 heterocycles. The number of pyridine rings is 1. The minimum atomic E-state index is -0.0602. The second-order valence-electron chi connectivity index (χ2n) is 6.25. The summed E-state index contributed by atoms with van der Waals surface area (Å²) in [5, 5.41) is 12.7. The maximum Gasteiger partial charge on any atom is 0.246 e. The monoisotopic (exact) mass is 396 g/mol. The summed E-state index contributed by atoms with van der Waals surface area (Å²) in [4.78, 5) is 19.9. The highest BCUT2D eigenvalue weighted by atomic mass is 35.5. The van der Waals surface area contributed by atoms with Crippen LogP contribution in [-0.2, 0) is 17.9 Å². The van der Waals surface area contributed by atoms with Crippen LogP contribution in [-0.4, -0.2) is 42.5 Å². The zero-order valence-electron chi connectivity index (χ0n) is 15.8. The molecule has 0 unspecified atom stereocenters. The topological polar surface area (TPSA) is 76.8 Å². The second-order valence-corrected chi connectivity index (χ2v) is 6.69. The fourth-order valence-electron chi connectivity index (χ4n) is 2.74. The van der Waals surface area contributed by atoms with Crippen molar-refractivity contribution in [3.63, 3.8) is 0 Å². The van der Waals surface area contributed by atoms with Crippen molar-refractivity contribution in [2.24, 2.45) is 0 Å². The maximum absolute atomic E-state index is 12.6. The molecule has 0 saturated carbocycles. The van der Waals surface area contributed by atoms with E-state index in [4.69, 9.17) is 11.6 Å². The Bertz CT molecular complexity index is 970. The molecule has 0 atom stereocenters. The van der Waals surface area contributed by atoms with E-state index >= 15 is 0 Å². The van der Waals surface area contributed by atoms with E-state index in [0.717, 1.165) is 16.7 Å². The Morgan fingerprint density at radius 1 is 1.25 bits per heavy atom. The van der Waals surface area contributed by atoms with Gasteiger partial charge in [-0.05, 0) is 66.1 Å². The lowest BCUT2D eigenvalue weighted by Crippen LogP contribution is -2.28. The molecule has 0 fully saturated rings. The molecule has 144 valence electrons. The molecular formula is C20H21ClN6O. The number of tetrazole rings is 1. The van der Waals surface area contributed by atoms with Gasteiger partial charge < -0.3 is 4.90 Å². The average molecular weight is 397 g/mol. The average Bonchev–Trinajstić information content (AvgIpc) is 3.10. The third kappa shape index (κ3) is 5.23. The highest BCUT2D eigenvalue weighted by molar-refractivity contribution is 6.30. The zero-order chi connectivity index (χ0) is 19.9. The molecule has 28 heavy (non-hydrogen) atoms. The normalized spacial score (nSPS) is 11.1. The number of hydrogen-bond donors (Lipinski definition) is 0. The van der Waals surface area contributed by atoms with Gasteiger partial charge >= 0.3 is 0 Å². The summed E-state index contributed by atoms with van der Waals surface area (Å²) in [5.41, 5.74) is 2.83. The van der Waals surface area contributed by atoms with E-state index in [1.54, 1.807) is 42.4 Å². The first-order valence-electron chi connectivity index (χ1n) is 8.94. The molecule has 2 aromatic heterocycles. The molecule has 7 nitrogen and oxygen atoms in total. The van der Waals surface area contributed by atoms with Crippen LogP contribution in [0.2, 0.25) is 5.02 Å². The molecule has 0 radical (unpaired) electrons. The fourth-order valence-corrected chi connectivity index (χ4v) is 2.93. The van der Waals surface area contributed by atoms with Gasteiger partial charge in [-0.3, -0.25) is 9.78 Å². The molecule has 0 N–H and O–H groups in total. The van der Waals surface area contributed by atoms with Gasteiger partial charge in [0, 0.05) is 36.6 Å². The first kappa shape index (κ1) is 19.7. The number of benzene rings is 1. The first-order chi connectivity index (χ1) is 13.5. The summed E-state index contributed by atoms with van der Waals surface area (Å²) in [6.07, 6.45) is 6.83. The molecule has 1 aromatic carbocycles. The van der Waals surface area contributed by atoms with E-state index in [1.807, 2.05) is 31.2 Å². The van der Waals surface area contributed by atoms with E-state index in [1.165, 1.54) is 4.80 Å². The lowest BCUT2D eigenvalue weighted by Gasteiger charge is -2.19. The second kappa shape index (κ2) is 9.23.